The van der Waals surface area contributed by atoms with E-state index in [1.165, 1.54) is 16.1 Å². The summed E-state index contributed by atoms with van der Waals surface area (Å²) >= 11 is 7.30. The quantitative estimate of drug-likeness (QED) is 0.497. The summed E-state index contributed by atoms with van der Waals surface area (Å²) < 4.78 is 27.5. The van der Waals surface area contributed by atoms with E-state index in [4.69, 9.17) is 11.6 Å². The summed E-state index contributed by atoms with van der Waals surface area (Å²) in [5.41, 5.74) is 1.99. The number of carbonyl (C=O) groups excluding carboxylic acids is 1. The highest BCUT2D eigenvalue weighted by molar-refractivity contribution is 7.99. The molecule has 1 heterocycles. The molecule has 31 heavy (non-hydrogen) atoms. The lowest BCUT2D eigenvalue weighted by Crippen LogP contribution is -2.30. The van der Waals surface area contributed by atoms with Gasteiger partial charge in [-0.25, -0.2) is 8.42 Å². The van der Waals surface area contributed by atoms with Crippen LogP contribution in [0.3, 0.4) is 0 Å². The molecule has 8 nitrogen and oxygen atoms in total. The van der Waals surface area contributed by atoms with Crippen molar-refractivity contribution in [3.63, 3.8) is 0 Å². The predicted molar refractivity (Wildman–Crippen MR) is 124 cm³/mol. The smallest absolute Gasteiger partial charge is 0.234 e. The van der Waals surface area contributed by atoms with Crippen molar-refractivity contribution in [1.82, 2.24) is 14.8 Å². The number of halogens is 1. The fourth-order valence-electron chi connectivity index (χ4n) is 2.79. The molecular formula is C20H22ClN5O3S2. The molecule has 2 aromatic carbocycles. The first-order valence-electron chi connectivity index (χ1n) is 9.25. The summed E-state index contributed by atoms with van der Waals surface area (Å²) in [6, 6.07) is 14.1. The van der Waals surface area contributed by atoms with Gasteiger partial charge in [0.05, 0.1) is 24.2 Å². The lowest BCUT2D eigenvalue weighted by molar-refractivity contribution is -0.113. The summed E-state index contributed by atoms with van der Waals surface area (Å²) in [5, 5.41) is 12.1. The van der Waals surface area contributed by atoms with Gasteiger partial charge in [-0.15, -0.1) is 10.2 Å². The Balaban J connectivity index is 1.68. The van der Waals surface area contributed by atoms with Crippen LogP contribution in [-0.4, -0.2) is 41.1 Å². The topological polar surface area (TPSA) is 97.2 Å². The van der Waals surface area contributed by atoms with Gasteiger partial charge in [0.15, 0.2) is 11.0 Å². The third-order valence-corrected chi connectivity index (χ3v) is 7.10. The van der Waals surface area contributed by atoms with Gasteiger partial charge in [-0.05, 0) is 36.8 Å². The highest BCUT2D eigenvalue weighted by atomic mass is 35.5. The van der Waals surface area contributed by atoms with Gasteiger partial charge in [0, 0.05) is 17.8 Å². The van der Waals surface area contributed by atoms with Crippen molar-refractivity contribution < 1.29 is 13.2 Å². The molecule has 1 amide bonds. The molecule has 11 heteroatoms. The number of rotatable bonds is 8. The number of anilines is 2. The van der Waals surface area contributed by atoms with Gasteiger partial charge in [0.1, 0.15) is 0 Å². The van der Waals surface area contributed by atoms with Crippen molar-refractivity contribution in [2.45, 2.75) is 18.6 Å². The molecule has 0 radical (unpaired) electrons. The maximum atomic E-state index is 12.3. The Kier molecular flexibility index (Phi) is 7.24. The summed E-state index contributed by atoms with van der Waals surface area (Å²) in [5.74, 6) is 0.372. The number of nitrogens with zero attached hydrogens (tertiary/aromatic N) is 4. The largest absolute Gasteiger partial charge is 0.325 e. The minimum absolute atomic E-state index is 0.0286. The number of carbonyl (C=O) groups is 1. The highest BCUT2D eigenvalue weighted by Crippen LogP contribution is 2.24. The molecule has 0 saturated carbocycles. The molecule has 3 aromatic rings. The zero-order valence-corrected chi connectivity index (χ0v) is 19.6. The van der Waals surface area contributed by atoms with Gasteiger partial charge < -0.3 is 9.88 Å². The van der Waals surface area contributed by atoms with Crippen molar-refractivity contribution >= 4 is 50.7 Å². The van der Waals surface area contributed by atoms with E-state index in [-0.39, 0.29) is 18.2 Å². The zero-order valence-electron chi connectivity index (χ0n) is 17.2. The molecule has 1 N–H and O–H groups in total. The lowest BCUT2D eigenvalue weighted by atomic mass is 10.2. The van der Waals surface area contributed by atoms with E-state index in [1.807, 2.05) is 13.0 Å². The Morgan fingerprint density at radius 2 is 1.87 bits per heavy atom. The van der Waals surface area contributed by atoms with Gasteiger partial charge in [-0.1, -0.05) is 47.6 Å². The molecule has 0 aliphatic rings. The molecule has 0 unspecified atom stereocenters. The Morgan fingerprint density at radius 1 is 1.16 bits per heavy atom. The monoisotopic (exact) mass is 479 g/mol. The second-order valence-electron chi connectivity index (χ2n) is 6.81. The number of thioether (sulfide) groups is 1. The van der Waals surface area contributed by atoms with Gasteiger partial charge in [-0.2, -0.15) is 0 Å². The van der Waals surface area contributed by atoms with E-state index in [9.17, 15) is 13.2 Å². The molecule has 0 bridgehead atoms. The van der Waals surface area contributed by atoms with Crippen molar-refractivity contribution in [3.8, 4) is 0 Å². The van der Waals surface area contributed by atoms with Gasteiger partial charge in [-0.3, -0.25) is 9.10 Å². The molecule has 0 aliphatic carbocycles. The van der Waals surface area contributed by atoms with Crippen LogP contribution in [0.5, 0.6) is 0 Å². The summed E-state index contributed by atoms with van der Waals surface area (Å²) in [6.07, 6.45) is 1.15. The van der Waals surface area contributed by atoms with E-state index < -0.39 is 10.0 Å². The van der Waals surface area contributed by atoms with Gasteiger partial charge in [0.25, 0.3) is 0 Å². The van der Waals surface area contributed by atoms with Crippen molar-refractivity contribution in [3.05, 3.63) is 64.9 Å². The molecule has 0 atom stereocenters. The van der Waals surface area contributed by atoms with Crippen molar-refractivity contribution in [2.75, 3.05) is 21.6 Å². The first-order valence-corrected chi connectivity index (χ1v) is 12.5. The number of sulfonamides is 1. The fourth-order valence-corrected chi connectivity index (χ4v) is 4.55. The number of benzene rings is 2. The number of para-hydroxylation sites is 1. The third-order valence-electron chi connectivity index (χ3n) is 4.53. The molecular weight excluding hydrogens is 458 g/mol. The van der Waals surface area contributed by atoms with Crippen molar-refractivity contribution in [1.29, 1.82) is 0 Å². The minimum Gasteiger partial charge on any atom is -0.325 e. The second kappa shape index (κ2) is 9.71. The summed E-state index contributed by atoms with van der Waals surface area (Å²) in [4.78, 5) is 12.3. The molecule has 0 spiro atoms. The number of aromatic nitrogens is 3. The van der Waals surface area contributed by atoms with Crippen LogP contribution in [0.25, 0.3) is 0 Å². The van der Waals surface area contributed by atoms with Crippen LogP contribution in [0.15, 0.2) is 53.7 Å². The average Bonchev–Trinajstić information content (AvgIpc) is 3.07. The Labute approximate surface area is 190 Å². The Morgan fingerprint density at radius 3 is 2.55 bits per heavy atom. The Bertz CT molecular complexity index is 1180. The van der Waals surface area contributed by atoms with E-state index in [0.29, 0.717) is 27.4 Å². The standard InChI is InChI=1S/C20H22ClN5O3S2/c1-14-16(21)10-7-11-17(14)22-19(27)13-30-20-24-23-18(25(20)2)12-26(31(3,28)29)15-8-5-4-6-9-15/h4-11H,12-13H2,1-3H3,(H,22,27). The number of nitrogens with one attached hydrogen (secondary N) is 1. The average molecular weight is 480 g/mol. The normalized spacial score (nSPS) is 11.4. The van der Waals surface area contributed by atoms with Gasteiger partial charge >= 0.3 is 0 Å². The minimum atomic E-state index is -3.52. The van der Waals surface area contributed by atoms with E-state index >= 15 is 0 Å². The molecule has 3 rings (SSSR count). The van der Waals surface area contributed by atoms with E-state index in [0.717, 1.165) is 11.8 Å². The van der Waals surface area contributed by atoms with Gasteiger partial charge in [0.2, 0.25) is 15.9 Å². The third kappa shape index (κ3) is 5.78. The maximum Gasteiger partial charge on any atom is 0.234 e. The molecule has 0 aliphatic heterocycles. The number of hydrogen-bond acceptors (Lipinski definition) is 6. The predicted octanol–water partition coefficient (Wildman–Crippen LogP) is 3.47. The number of hydrogen-bond donors (Lipinski definition) is 1. The first-order chi connectivity index (χ1) is 14.7. The molecule has 1 aromatic heterocycles. The number of amides is 1. The Hall–Kier alpha value is -2.56. The van der Waals surface area contributed by atoms with E-state index in [1.54, 1.807) is 54.1 Å². The summed E-state index contributed by atoms with van der Waals surface area (Å²) in [7, 11) is -1.78. The molecule has 0 saturated heterocycles. The zero-order chi connectivity index (χ0) is 22.6. The lowest BCUT2D eigenvalue weighted by Gasteiger charge is -2.21. The molecule has 164 valence electrons. The SMILES string of the molecule is Cc1c(Cl)cccc1NC(=O)CSc1nnc(CN(c2ccccc2)S(C)(=O)=O)n1C. The summed E-state index contributed by atoms with van der Waals surface area (Å²) in [6.45, 7) is 1.86. The maximum absolute atomic E-state index is 12.3. The van der Waals surface area contributed by atoms with Crippen LogP contribution in [0.1, 0.15) is 11.4 Å². The van der Waals surface area contributed by atoms with Crippen LogP contribution in [0.2, 0.25) is 5.02 Å². The second-order valence-corrected chi connectivity index (χ2v) is 10.1. The van der Waals surface area contributed by atoms with Crippen molar-refractivity contribution in [2.24, 2.45) is 7.05 Å². The first kappa shape index (κ1) is 23.1. The fraction of sp³-hybridized carbons (Fsp3) is 0.250. The van der Waals surface area contributed by atoms with Crippen LogP contribution in [0.4, 0.5) is 11.4 Å². The highest BCUT2D eigenvalue weighted by Gasteiger charge is 2.21. The van der Waals surface area contributed by atoms with Crippen LogP contribution >= 0.6 is 23.4 Å². The van der Waals surface area contributed by atoms with E-state index in [2.05, 4.69) is 15.5 Å². The molecule has 0 fully saturated rings. The van der Waals surface area contributed by atoms with Crippen LogP contribution in [0, 0.1) is 6.92 Å². The van der Waals surface area contributed by atoms with Crippen LogP contribution < -0.4 is 9.62 Å². The van der Waals surface area contributed by atoms with Crippen LogP contribution in [-0.2, 0) is 28.4 Å².